The fourth-order valence-corrected chi connectivity index (χ4v) is 3.15. The molecule has 1 aliphatic heterocycles. The van der Waals surface area contributed by atoms with E-state index >= 15 is 0 Å². The summed E-state index contributed by atoms with van der Waals surface area (Å²) in [6.45, 7) is 5.86. The van der Waals surface area contributed by atoms with Gasteiger partial charge in [-0.2, -0.15) is 0 Å². The molecule has 1 atom stereocenters. The maximum atomic E-state index is 12.8. The largest absolute Gasteiger partial charge is 0.444 e. The van der Waals surface area contributed by atoms with Crippen LogP contribution in [0.25, 0.3) is 0 Å². The van der Waals surface area contributed by atoms with E-state index in [4.69, 9.17) is 4.74 Å². The zero-order valence-corrected chi connectivity index (χ0v) is 16.8. The first kappa shape index (κ1) is 21.9. The Hall–Kier alpha value is -2.41. The van der Waals surface area contributed by atoms with Crippen LogP contribution in [0.3, 0.4) is 0 Å². The minimum absolute atomic E-state index is 0.132. The van der Waals surface area contributed by atoms with E-state index in [0.29, 0.717) is 12.8 Å². The molecule has 1 heterocycles. The first-order chi connectivity index (χ1) is 13.1. The monoisotopic (exact) mass is 390 g/mol. The van der Waals surface area contributed by atoms with E-state index in [1.165, 1.54) is 4.90 Å². The normalized spacial score (nSPS) is 17.5. The third-order valence-corrected chi connectivity index (χ3v) is 4.75. The lowest BCUT2D eigenvalue weighted by Crippen LogP contribution is -2.55. The first-order valence-electron chi connectivity index (χ1n) is 9.64. The summed E-state index contributed by atoms with van der Waals surface area (Å²) in [5.41, 5.74) is -1.26. The highest BCUT2D eigenvalue weighted by molar-refractivity contribution is 5.85. The second-order valence-corrected chi connectivity index (χ2v) is 8.18. The summed E-state index contributed by atoms with van der Waals surface area (Å²) in [6.07, 6.45) is 1.41. The van der Waals surface area contributed by atoms with Gasteiger partial charge in [0.05, 0.1) is 6.04 Å². The number of carbonyl (C=O) groups is 3. The van der Waals surface area contributed by atoms with Crippen LogP contribution in [-0.4, -0.2) is 52.6 Å². The smallest absolute Gasteiger partial charge is 0.410 e. The summed E-state index contributed by atoms with van der Waals surface area (Å²) >= 11 is 0. The molecule has 1 fully saturated rings. The predicted octanol–water partition coefficient (Wildman–Crippen LogP) is 2.58. The number of ether oxygens (including phenoxy) is 1. The Kier molecular flexibility index (Phi) is 7.18. The van der Waals surface area contributed by atoms with Crippen LogP contribution in [-0.2, 0) is 14.3 Å². The summed E-state index contributed by atoms with van der Waals surface area (Å²) < 4.78 is 5.34. The summed E-state index contributed by atoms with van der Waals surface area (Å²) in [4.78, 5) is 37.2. The van der Waals surface area contributed by atoms with E-state index in [9.17, 15) is 19.5 Å². The third-order valence-electron chi connectivity index (χ3n) is 4.75. The number of aldehydes is 1. The quantitative estimate of drug-likeness (QED) is 0.728. The number of likely N-dealkylation sites (tertiary alicyclic amines) is 1. The van der Waals surface area contributed by atoms with Crippen LogP contribution in [0.15, 0.2) is 30.3 Å². The molecule has 1 saturated heterocycles. The third kappa shape index (κ3) is 6.05. The van der Waals surface area contributed by atoms with Gasteiger partial charge in [0.1, 0.15) is 17.5 Å². The lowest BCUT2D eigenvalue weighted by molar-refractivity contribution is -0.145. The van der Waals surface area contributed by atoms with Crippen molar-refractivity contribution in [3.8, 4) is 0 Å². The van der Waals surface area contributed by atoms with Crippen molar-refractivity contribution in [1.29, 1.82) is 0 Å². The van der Waals surface area contributed by atoms with Crippen LogP contribution in [0.5, 0.6) is 0 Å². The number of benzene rings is 1. The molecule has 0 radical (unpaired) electrons. The van der Waals surface area contributed by atoms with Gasteiger partial charge >= 0.3 is 6.09 Å². The fraction of sp³-hybridized carbons (Fsp3) is 0.571. The highest BCUT2D eigenvalue weighted by Crippen LogP contribution is 2.26. The topological polar surface area (TPSA) is 95.9 Å². The standard InChI is InChI=1S/C21H30N2O5/c1-20(2,3)28-19(26)23-13-11-21(27,12-14-23)18(25)22-17(10-7-15-24)16-8-5-4-6-9-16/h4-6,8-9,15,17,27H,7,10-14H2,1-3H3,(H,22,25)/t17-/m0/s1. The van der Waals surface area contributed by atoms with E-state index in [1.807, 2.05) is 30.3 Å². The highest BCUT2D eigenvalue weighted by atomic mass is 16.6. The van der Waals surface area contributed by atoms with Gasteiger partial charge in [0.25, 0.3) is 5.91 Å². The molecule has 0 aromatic heterocycles. The van der Waals surface area contributed by atoms with Crippen LogP contribution >= 0.6 is 0 Å². The number of hydrogen-bond donors (Lipinski definition) is 2. The molecule has 0 saturated carbocycles. The van der Waals surface area contributed by atoms with Crippen molar-refractivity contribution in [2.45, 2.75) is 63.7 Å². The minimum atomic E-state index is -1.55. The maximum Gasteiger partial charge on any atom is 0.410 e. The van der Waals surface area contributed by atoms with Crippen LogP contribution in [0.2, 0.25) is 0 Å². The second-order valence-electron chi connectivity index (χ2n) is 8.18. The first-order valence-corrected chi connectivity index (χ1v) is 9.64. The number of nitrogens with one attached hydrogen (secondary N) is 1. The van der Waals surface area contributed by atoms with Crippen molar-refractivity contribution < 1.29 is 24.2 Å². The van der Waals surface area contributed by atoms with E-state index in [0.717, 1.165) is 11.8 Å². The molecule has 7 heteroatoms. The molecule has 1 aromatic carbocycles. The van der Waals surface area contributed by atoms with Crippen molar-refractivity contribution in [3.63, 3.8) is 0 Å². The number of amides is 2. The van der Waals surface area contributed by atoms with Gasteiger partial charge in [-0.1, -0.05) is 30.3 Å². The predicted molar refractivity (Wildman–Crippen MR) is 105 cm³/mol. The molecule has 2 amide bonds. The molecule has 0 spiro atoms. The average Bonchev–Trinajstić information content (AvgIpc) is 2.64. The Labute approximate surface area is 166 Å². The number of hydrogen-bond acceptors (Lipinski definition) is 5. The van der Waals surface area contributed by atoms with Crippen LogP contribution in [0.1, 0.15) is 58.1 Å². The van der Waals surface area contributed by atoms with Crippen molar-refractivity contribution >= 4 is 18.3 Å². The molecule has 1 aliphatic rings. The Bertz CT molecular complexity index is 676. The van der Waals surface area contributed by atoms with Gasteiger partial charge in [-0.3, -0.25) is 4.79 Å². The molecule has 7 nitrogen and oxygen atoms in total. The lowest BCUT2D eigenvalue weighted by atomic mass is 9.89. The molecular weight excluding hydrogens is 360 g/mol. The van der Waals surface area contributed by atoms with Gasteiger partial charge in [0.15, 0.2) is 0 Å². The number of nitrogens with zero attached hydrogens (tertiary/aromatic N) is 1. The molecule has 2 rings (SSSR count). The zero-order valence-electron chi connectivity index (χ0n) is 16.8. The summed E-state index contributed by atoms with van der Waals surface area (Å²) in [5.74, 6) is -0.476. The molecule has 154 valence electrons. The number of aliphatic hydroxyl groups is 1. The molecule has 0 unspecified atom stereocenters. The van der Waals surface area contributed by atoms with Crippen molar-refractivity contribution in [1.82, 2.24) is 10.2 Å². The van der Waals surface area contributed by atoms with Crippen LogP contribution in [0.4, 0.5) is 4.79 Å². The Balaban J connectivity index is 1.99. The zero-order chi connectivity index (χ0) is 20.8. The van der Waals surface area contributed by atoms with E-state index in [2.05, 4.69) is 5.32 Å². The summed E-state index contributed by atoms with van der Waals surface area (Å²) in [6, 6.07) is 9.01. The summed E-state index contributed by atoms with van der Waals surface area (Å²) in [7, 11) is 0. The van der Waals surface area contributed by atoms with Gasteiger partial charge in [0.2, 0.25) is 0 Å². The summed E-state index contributed by atoms with van der Waals surface area (Å²) in [5, 5.41) is 13.7. The van der Waals surface area contributed by atoms with Crippen molar-refractivity contribution in [2.24, 2.45) is 0 Å². The fourth-order valence-electron chi connectivity index (χ4n) is 3.15. The van der Waals surface area contributed by atoms with Crippen molar-refractivity contribution in [2.75, 3.05) is 13.1 Å². The van der Waals surface area contributed by atoms with Gasteiger partial charge in [-0.25, -0.2) is 4.79 Å². The lowest BCUT2D eigenvalue weighted by Gasteiger charge is -2.38. The second kappa shape index (κ2) is 9.19. The Morgan fingerprint density at radius 2 is 1.86 bits per heavy atom. The van der Waals surface area contributed by atoms with Gasteiger partial charge in [0, 0.05) is 32.4 Å². The number of carbonyl (C=O) groups excluding carboxylic acids is 3. The van der Waals surface area contributed by atoms with Gasteiger partial charge in [-0.05, 0) is 32.8 Å². The molecule has 2 N–H and O–H groups in total. The van der Waals surface area contributed by atoms with E-state index in [-0.39, 0.29) is 32.0 Å². The van der Waals surface area contributed by atoms with Crippen molar-refractivity contribution in [3.05, 3.63) is 35.9 Å². The molecule has 28 heavy (non-hydrogen) atoms. The number of piperidine rings is 1. The van der Waals surface area contributed by atoms with Gasteiger partial charge in [-0.15, -0.1) is 0 Å². The highest BCUT2D eigenvalue weighted by Gasteiger charge is 2.41. The van der Waals surface area contributed by atoms with Crippen LogP contribution < -0.4 is 5.32 Å². The molecule has 0 aliphatic carbocycles. The van der Waals surface area contributed by atoms with E-state index < -0.39 is 23.2 Å². The Morgan fingerprint density at radius 3 is 2.39 bits per heavy atom. The average molecular weight is 390 g/mol. The SMILES string of the molecule is CC(C)(C)OC(=O)N1CCC(O)(C(=O)N[C@@H](CCC=O)c2ccccc2)CC1. The van der Waals surface area contributed by atoms with Crippen LogP contribution in [0, 0.1) is 0 Å². The van der Waals surface area contributed by atoms with Gasteiger partial charge < -0.3 is 24.9 Å². The van der Waals surface area contributed by atoms with E-state index in [1.54, 1.807) is 20.8 Å². The molecule has 1 aromatic rings. The minimum Gasteiger partial charge on any atom is -0.444 e. The maximum absolute atomic E-state index is 12.8. The molecular formula is C21H30N2O5. The Morgan fingerprint density at radius 1 is 1.25 bits per heavy atom. The number of rotatable bonds is 6. The molecule has 0 bridgehead atoms.